The molecule has 0 spiro atoms. The number of nitrogens with one attached hydrogen (secondary N) is 1. The van der Waals surface area contributed by atoms with Crippen LogP contribution in [0.1, 0.15) is 11.7 Å². The molecular weight excluding hydrogens is 170 g/mol. The van der Waals surface area contributed by atoms with Crippen LogP contribution < -0.4 is 5.32 Å². The van der Waals surface area contributed by atoms with E-state index in [1.54, 1.807) is 19.2 Å². The molecule has 0 bridgehead atoms. The van der Waals surface area contributed by atoms with Gasteiger partial charge in [0.15, 0.2) is 11.5 Å². The van der Waals surface area contributed by atoms with E-state index in [0.717, 1.165) is 0 Å². The van der Waals surface area contributed by atoms with Gasteiger partial charge in [-0.3, -0.25) is 0 Å². The average Bonchev–Trinajstić information content (AvgIpc) is 2.10. The summed E-state index contributed by atoms with van der Waals surface area (Å²) in [6, 6.07) is 4.51. The number of hydrogen-bond donors (Lipinski definition) is 4. The Kier molecular flexibility index (Phi) is 3.11. The van der Waals surface area contributed by atoms with E-state index in [0.29, 0.717) is 12.1 Å². The van der Waals surface area contributed by atoms with E-state index < -0.39 is 6.10 Å². The lowest BCUT2D eigenvalue weighted by Gasteiger charge is -2.12. The van der Waals surface area contributed by atoms with E-state index >= 15 is 0 Å². The molecule has 1 atom stereocenters. The topological polar surface area (TPSA) is 72.7 Å². The van der Waals surface area contributed by atoms with E-state index in [2.05, 4.69) is 5.32 Å². The van der Waals surface area contributed by atoms with Gasteiger partial charge in [0.2, 0.25) is 0 Å². The van der Waals surface area contributed by atoms with Crippen molar-refractivity contribution in [2.45, 2.75) is 6.10 Å². The zero-order chi connectivity index (χ0) is 9.84. The number of benzene rings is 1. The molecule has 0 aliphatic rings. The lowest BCUT2D eigenvalue weighted by molar-refractivity contribution is 0.173. The molecule has 4 N–H and O–H groups in total. The summed E-state index contributed by atoms with van der Waals surface area (Å²) in [5.74, 6) is -0.474. The second-order valence-electron chi connectivity index (χ2n) is 2.79. The van der Waals surface area contributed by atoms with Gasteiger partial charge >= 0.3 is 0 Å². The van der Waals surface area contributed by atoms with Crippen molar-refractivity contribution in [2.24, 2.45) is 0 Å². The fourth-order valence-electron chi connectivity index (χ4n) is 1.12. The number of hydrogen-bond acceptors (Lipinski definition) is 4. The molecule has 4 nitrogen and oxygen atoms in total. The molecule has 72 valence electrons. The molecule has 13 heavy (non-hydrogen) atoms. The van der Waals surface area contributed by atoms with Crippen LogP contribution in [0.15, 0.2) is 18.2 Å². The highest BCUT2D eigenvalue weighted by Gasteiger charge is 2.13. The summed E-state index contributed by atoms with van der Waals surface area (Å²) in [5.41, 5.74) is 0.328. The third-order valence-electron chi connectivity index (χ3n) is 1.80. The molecule has 0 amide bonds. The summed E-state index contributed by atoms with van der Waals surface area (Å²) >= 11 is 0. The third-order valence-corrected chi connectivity index (χ3v) is 1.80. The van der Waals surface area contributed by atoms with Crippen LogP contribution in [-0.2, 0) is 0 Å². The Balaban J connectivity index is 2.93. The summed E-state index contributed by atoms with van der Waals surface area (Å²) in [6.07, 6.45) is -0.808. The number of phenolic OH excluding ortho intramolecular Hbond substituents is 2. The summed E-state index contributed by atoms with van der Waals surface area (Å²) in [7, 11) is 1.70. The number of phenols is 2. The van der Waals surface area contributed by atoms with Gasteiger partial charge in [0.05, 0.1) is 6.10 Å². The first-order valence-electron chi connectivity index (χ1n) is 4.00. The van der Waals surface area contributed by atoms with Gasteiger partial charge in [-0.1, -0.05) is 12.1 Å². The second-order valence-corrected chi connectivity index (χ2v) is 2.79. The minimum absolute atomic E-state index is 0.215. The highest BCUT2D eigenvalue weighted by Crippen LogP contribution is 2.31. The van der Waals surface area contributed by atoms with E-state index in [-0.39, 0.29) is 11.5 Å². The van der Waals surface area contributed by atoms with Crippen molar-refractivity contribution >= 4 is 0 Å². The standard InChI is InChI=1S/C9H13NO3/c1-10-5-8(12)6-3-2-4-7(11)9(6)13/h2-4,8,10-13H,5H2,1H3/t8-/m0/s1. The van der Waals surface area contributed by atoms with E-state index in [1.807, 2.05) is 0 Å². The molecular formula is C9H13NO3. The van der Waals surface area contributed by atoms with Crippen LogP contribution >= 0.6 is 0 Å². The molecule has 0 unspecified atom stereocenters. The number of rotatable bonds is 3. The average molecular weight is 183 g/mol. The van der Waals surface area contributed by atoms with Crippen LogP contribution in [0.2, 0.25) is 0 Å². The second kappa shape index (κ2) is 4.11. The van der Waals surface area contributed by atoms with Crippen LogP contribution in [0, 0.1) is 0 Å². The normalized spacial score (nSPS) is 12.8. The van der Waals surface area contributed by atoms with Crippen molar-refractivity contribution in [1.82, 2.24) is 5.32 Å². The summed E-state index contributed by atoms with van der Waals surface area (Å²) in [5, 5.41) is 30.8. The molecule has 0 aliphatic carbocycles. The molecule has 1 aromatic carbocycles. The van der Waals surface area contributed by atoms with E-state index in [1.165, 1.54) is 6.07 Å². The van der Waals surface area contributed by atoms with Crippen LogP contribution in [0.3, 0.4) is 0 Å². The van der Waals surface area contributed by atoms with Crippen molar-refractivity contribution in [1.29, 1.82) is 0 Å². The molecule has 4 heteroatoms. The molecule has 1 rings (SSSR count). The minimum Gasteiger partial charge on any atom is -0.504 e. The Hall–Kier alpha value is -1.26. The first-order chi connectivity index (χ1) is 6.16. The first kappa shape index (κ1) is 9.83. The van der Waals surface area contributed by atoms with Gasteiger partial charge in [0.25, 0.3) is 0 Å². The Morgan fingerprint density at radius 3 is 2.69 bits per heavy atom. The largest absolute Gasteiger partial charge is 0.504 e. The molecule has 0 aromatic heterocycles. The zero-order valence-corrected chi connectivity index (χ0v) is 7.36. The maximum atomic E-state index is 9.49. The van der Waals surface area contributed by atoms with Gasteiger partial charge < -0.3 is 20.6 Å². The first-order valence-corrected chi connectivity index (χ1v) is 4.00. The van der Waals surface area contributed by atoms with Gasteiger partial charge in [-0.2, -0.15) is 0 Å². The molecule has 0 aliphatic heterocycles. The van der Waals surface area contributed by atoms with E-state index in [4.69, 9.17) is 5.11 Å². The van der Waals surface area contributed by atoms with Gasteiger partial charge in [-0.25, -0.2) is 0 Å². The maximum absolute atomic E-state index is 9.49. The highest BCUT2D eigenvalue weighted by atomic mass is 16.3. The van der Waals surface area contributed by atoms with Crippen LogP contribution in [-0.4, -0.2) is 28.9 Å². The number of para-hydroxylation sites is 1. The summed E-state index contributed by atoms with van der Waals surface area (Å²) in [6.45, 7) is 0.330. The van der Waals surface area contributed by atoms with Gasteiger partial charge in [-0.05, 0) is 13.1 Å². The SMILES string of the molecule is CNC[C@H](O)c1cccc(O)c1O. The Morgan fingerprint density at radius 2 is 2.08 bits per heavy atom. The predicted molar refractivity (Wildman–Crippen MR) is 48.7 cm³/mol. The van der Waals surface area contributed by atoms with Gasteiger partial charge in [-0.15, -0.1) is 0 Å². The molecule has 0 saturated heterocycles. The van der Waals surface area contributed by atoms with Gasteiger partial charge in [0.1, 0.15) is 0 Å². The Labute approximate surface area is 76.5 Å². The van der Waals surface area contributed by atoms with E-state index in [9.17, 15) is 10.2 Å². The highest BCUT2D eigenvalue weighted by molar-refractivity contribution is 5.45. The lowest BCUT2D eigenvalue weighted by Crippen LogP contribution is -2.16. The number of aliphatic hydroxyl groups is 1. The Bertz CT molecular complexity index is 288. The molecule has 0 saturated carbocycles. The molecule has 0 fully saturated rings. The van der Waals surface area contributed by atoms with Crippen molar-refractivity contribution in [3.63, 3.8) is 0 Å². The molecule has 0 radical (unpaired) electrons. The lowest BCUT2D eigenvalue weighted by atomic mass is 10.1. The van der Waals surface area contributed by atoms with Gasteiger partial charge in [0, 0.05) is 12.1 Å². The summed E-state index contributed by atoms with van der Waals surface area (Å²) < 4.78 is 0. The number of likely N-dealkylation sites (N-methyl/N-ethyl adjacent to an activating group) is 1. The predicted octanol–water partition coefficient (Wildman–Crippen LogP) is 0.351. The Morgan fingerprint density at radius 1 is 1.38 bits per heavy atom. The van der Waals surface area contributed by atoms with Crippen LogP contribution in [0.5, 0.6) is 11.5 Å². The third kappa shape index (κ3) is 2.11. The fraction of sp³-hybridized carbons (Fsp3) is 0.333. The smallest absolute Gasteiger partial charge is 0.163 e. The van der Waals surface area contributed by atoms with Crippen molar-refractivity contribution in [3.05, 3.63) is 23.8 Å². The number of aliphatic hydroxyl groups excluding tert-OH is 1. The van der Waals surface area contributed by atoms with Crippen molar-refractivity contribution in [3.8, 4) is 11.5 Å². The van der Waals surface area contributed by atoms with Crippen molar-refractivity contribution in [2.75, 3.05) is 13.6 Å². The monoisotopic (exact) mass is 183 g/mol. The maximum Gasteiger partial charge on any atom is 0.163 e. The quantitative estimate of drug-likeness (QED) is 0.510. The van der Waals surface area contributed by atoms with Crippen LogP contribution in [0.4, 0.5) is 0 Å². The fourth-order valence-corrected chi connectivity index (χ4v) is 1.12. The molecule has 0 heterocycles. The minimum atomic E-state index is -0.808. The summed E-state index contributed by atoms with van der Waals surface area (Å²) in [4.78, 5) is 0. The zero-order valence-electron chi connectivity index (χ0n) is 7.36. The van der Waals surface area contributed by atoms with Crippen LogP contribution in [0.25, 0.3) is 0 Å². The van der Waals surface area contributed by atoms with Crippen molar-refractivity contribution < 1.29 is 15.3 Å². The number of aromatic hydroxyl groups is 2. The molecule has 1 aromatic rings.